The summed E-state index contributed by atoms with van der Waals surface area (Å²) in [6.07, 6.45) is 1.72. The van der Waals surface area contributed by atoms with Crippen LogP contribution in [0, 0.1) is 27.1 Å². The van der Waals surface area contributed by atoms with Gasteiger partial charge in [0, 0.05) is 20.1 Å². The van der Waals surface area contributed by atoms with Crippen molar-refractivity contribution in [1.82, 2.24) is 0 Å². The van der Waals surface area contributed by atoms with Crippen LogP contribution in [-0.2, 0) is 19.2 Å². The molecule has 0 aromatic heterocycles. The highest BCUT2D eigenvalue weighted by Gasteiger charge is 2.77. The number of aromatic hydroxyl groups is 1. The van der Waals surface area contributed by atoms with Crippen molar-refractivity contribution in [2.24, 2.45) is 17.8 Å². The Balaban J connectivity index is 1.41. The van der Waals surface area contributed by atoms with Gasteiger partial charge in [-0.15, -0.1) is 23.2 Å². The molecule has 12 heteroatoms. The summed E-state index contributed by atoms with van der Waals surface area (Å²) in [5.74, 6) is -6.93. The lowest BCUT2D eigenvalue weighted by Gasteiger charge is -2.50. The number of hydrogen-bond acceptors (Lipinski definition) is 5. The van der Waals surface area contributed by atoms with E-state index < -0.39 is 57.0 Å². The Bertz CT molecular complexity index is 1820. The third-order valence-electron chi connectivity index (χ3n) is 9.28. The smallest absolute Gasteiger partial charge is 0.258 e. The van der Waals surface area contributed by atoms with Gasteiger partial charge in [0.1, 0.15) is 11.6 Å². The summed E-state index contributed by atoms with van der Waals surface area (Å²) in [5, 5.41) is 11.3. The number of halogens is 5. The minimum absolute atomic E-state index is 0.0664. The van der Waals surface area contributed by atoms with Crippen molar-refractivity contribution in [2.45, 2.75) is 28.5 Å². The molecule has 6 atom stereocenters. The third-order valence-corrected chi connectivity index (χ3v) is 11.6. The van der Waals surface area contributed by atoms with Gasteiger partial charge in [0.05, 0.1) is 23.2 Å². The lowest BCUT2D eigenvalue weighted by atomic mass is 9.56. The number of allylic oxidation sites excluding steroid dienone is 2. The molecule has 2 aliphatic carbocycles. The molecular formula is C32H21Cl3FIN2O5. The number of carbonyl (C=O) groups is 4. The number of carbonyl (C=O) groups excluding carboxylic acids is 4. The van der Waals surface area contributed by atoms with Gasteiger partial charge < -0.3 is 5.11 Å². The molecule has 3 aromatic rings. The largest absolute Gasteiger partial charge is 0.508 e. The number of fused-ring (bicyclic) bond motifs is 4. The zero-order valence-electron chi connectivity index (χ0n) is 22.5. The minimum Gasteiger partial charge on any atom is -0.508 e. The van der Waals surface area contributed by atoms with Crippen molar-refractivity contribution in [3.05, 3.63) is 98.4 Å². The van der Waals surface area contributed by atoms with E-state index in [2.05, 4.69) is 22.6 Å². The molecule has 2 heterocycles. The molecule has 4 aliphatic rings. The fraction of sp³-hybridized carbons (Fsp3) is 0.250. The average Bonchev–Trinajstić information content (AvgIpc) is 3.33. The molecule has 3 fully saturated rings. The summed E-state index contributed by atoms with van der Waals surface area (Å²) >= 11 is 23.1. The molecule has 2 saturated heterocycles. The van der Waals surface area contributed by atoms with Gasteiger partial charge >= 0.3 is 0 Å². The Kier molecular flexibility index (Phi) is 6.93. The molecule has 4 amide bonds. The van der Waals surface area contributed by atoms with Crippen LogP contribution in [0.1, 0.15) is 24.3 Å². The van der Waals surface area contributed by atoms with Crippen LogP contribution in [0.2, 0.25) is 5.02 Å². The zero-order valence-corrected chi connectivity index (χ0v) is 26.9. The van der Waals surface area contributed by atoms with Crippen LogP contribution in [0.3, 0.4) is 0 Å². The zero-order chi connectivity index (χ0) is 31.3. The van der Waals surface area contributed by atoms with Crippen molar-refractivity contribution in [3.63, 3.8) is 0 Å². The monoisotopic (exact) mass is 764 g/mol. The van der Waals surface area contributed by atoms with Crippen molar-refractivity contribution in [2.75, 3.05) is 9.80 Å². The molecule has 2 aliphatic heterocycles. The molecule has 6 unspecified atom stereocenters. The summed E-state index contributed by atoms with van der Waals surface area (Å²) in [4.78, 5) is 54.2. The van der Waals surface area contributed by atoms with E-state index in [4.69, 9.17) is 34.8 Å². The molecule has 3 aromatic carbocycles. The number of phenolic OH excluding ortho intramolecular Hbond substituents is 1. The predicted molar refractivity (Wildman–Crippen MR) is 171 cm³/mol. The van der Waals surface area contributed by atoms with Crippen LogP contribution in [0.25, 0.3) is 0 Å². The topological polar surface area (TPSA) is 95.0 Å². The number of imide groups is 2. The van der Waals surface area contributed by atoms with Gasteiger partial charge in [-0.25, -0.2) is 9.29 Å². The summed E-state index contributed by atoms with van der Waals surface area (Å²) in [7, 11) is 0. The first-order chi connectivity index (χ1) is 20.9. The van der Waals surface area contributed by atoms with Crippen LogP contribution in [0.15, 0.2) is 78.4 Å². The number of benzene rings is 3. The van der Waals surface area contributed by atoms with Gasteiger partial charge in [-0.3, -0.25) is 24.1 Å². The normalized spacial score (nSPS) is 31.2. The number of phenols is 1. The molecule has 0 spiro atoms. The Morgan fingerprint density at radius 2 is 1.48 bits per heavy atom. The molecule has 44 heavy (non-hydrogen) atoms. The summed E-state index contributed by atoms with van der Waals surface area (Å²) in [6.45, 7) is 0. The second kappa shape index (κ2) is 10.3. The maximum Gasteiger partial charge on any atom is 0.258 e. The van der Waals surface area contributed by atoms with Gasteiger partial charge in [0.15, 0.2) is 9.75 Å². The number of rotatable bonds is 3. The van der Waals surface area contributed by atoms with Gasteiger partial charge in [-0.05, 0) is 108 Å². The van der Waals surface area contributed by atoms with Gasteiger partial charge in [0.2, 0.25) is 11.8 Å². The number of nitrogens with zero attached hydrogens (tertiary/aromatic N) is 2. The van der Waals surface area contributed by atoms with Crippen LogP contribution < -0.4 is 9.80 Å². The second-order valence-corrected chi connectivity index (χ2v) is 14.4. The molecule has 0 bridgehead atoms. The molecule has 0 radical (unpaired) electrons. The van der Waals surface area contributed by atoms with Crippen LogP contribution in [-0.4, -0.2) is 38.5 Å². The van der Waals surface area contributed by atoms with E-state index in [0.29, 0.717) is 11.3 Å². The SMILES string of the molecule is O=C1C2CC=C3C(CC4(Cl)C(=O)N(c5ccc(F)cc5)C(=O)C4(Cl)C3c3cc(Cl)ccc3O)C2C(=O)N1c1ccc(I)cc1. The van der Waals surface area contributed by atoms with Gasteiger partial charge in [0.25, 0.3) is 11.8 Å². The van der Waals surface area contributed by atoms with E-state index in [9.17, 15) is 28.7 Å². The van der Waals surface area contributed by atoms with E-state index in [0.717, 1.165) is 20.6 Å². The summed E-state index contributed by atoms with van der Waals surface area (Å²) in [6, 6.07) is 16.0. The maximum absolute atomic E-state index is 14.3. The van der Waals surface area contributed by atoms with E-state index in [-0.39, 0.29) is 40.8 Å². The molecule has 7 rings (SSSR count). The molecule has 7 nitrogen and oxygen atoms in total. The highest BCUT2D eigenvalue weighted by atomic mass is 127. The number of anilines is 2. The number of hydrogen-bond donors (Lipinski definition) is 1. The number of alkyl halides is 2. The minimum atomic E-state index is -2.17. The van der Waals surface area contributed by atoms with Crippen molar-refractivity contribution in [1.29, 1.82) is 0 Å². The van der Waals surface area contributed by atoms with E-state index in [1.165, 1.54) is 35.2 Å². The van der Waals surface area contributed by atoms with E-state index >= 15 is 0 Å². The average molecular weight is 766 g/mol. The highest BCUT2D eigenvalue weighted by molar-refractivity contribution is 14.1. The lowest BCUT2D eigenvalue weighted by molar-refractivity contribution is -0.125. The molecule has 1 N–H and O–H groups in total. The Morgan fingerprint density at radius 1 is 0.841 bits per heavy atom. The second-order valence-electron chi connectivity index (χ2n) is 11.4. The van der Waals surface area contributed by atoms with Crippen molar-refractivity contribution < 1.29 is 28.7 Å². The molecule has 1 saturated carbocycles. The Labute approximate surface area is 279 Å². The van der Waals surface area contributed by atoms with Crippen molar-refractivity contribution >= 4 is 92.4 Å². The van der Waals surface area contributed by atoms with Crippen LogP contribution >= 0.6 is 57.4 Å². The predicted octanol–water partition coefficient (Wildman–Crippen LogP) is 6.56. The Hall–Kier alpha value is -2.99. The van der Waals surface area contributed by atoms with Crippen LogP contribution in [0.5, 0.6) is 5.75 Å². The highest BCUT2D eigenvalue weighted by Crippen LogP contribution is 2.66. The summed E-state index contributed by atoms with van der Waals surface area (Å²) < 4.78 is 14.7. The molecular weight excluding hydrogens is 745 g/mol. The van der Waals surface area contributed by atoms with Gasteiger partial charge in [-0.2, -0.15) is 0 Å². The first-order valence-corrected chi connectivity index (χ1v) is 15.9. The van der Waals surface area contributed by atoms with Gasteiger partial charge in [-0.1, -0.05) is 23.3 Å². The first-order valence-electron chi connectivity index (χ1n) is 13.7. The van der Waals surface area contributed by atoms with E-state index in [1.54, 1.807) is 30.3 Å². The summed E-state index contributed by atoms with van der Waals surface area (Å²) in [5.41, 5.74) is 1.16. The number of amides is 4. The quantitative estimate of drug-likeness (QED) is 0.141. The standard InChI is InChI=1S/C32H21Cl3FIN2O5/c33-15-1-12-24(40)22(13-15)26-20-10-11-21-25(28(42)38(27(21)41)18-8-4-17(37)5-9-18)23(20)14-31(34)29(43)39(30(44)32(26,31)35)19-6-2-16(36)3-7-19/h1-10,12-13,21,23,25-26,40H,11,14H2. The third kappa shape index (κ3) is 3.98. The van der Waals surface area contributed by atoms with E-state index in [1.807, 2.05) is 0 Å². The fourth-order valence-electron chi connectivity index (χ4n) is 7.35. The fourth-order valence-corrected chi connectivity index (χ4v) is 8.81. The lowest BCUT2D eigenvalue weighted by Crippen LogP contribution is -2.60. The van der Waals surface area contributed by atoms with Crippen molar-refractivity contribution in [3.8, 4) is 5.75 Å². The first kappa shape index (κ1) is 29.7. The maximum atomic E-state index is 14.3. The van der Waals surface area contributed by atoms with Crippen LogP contribution in [0.4, 0.5) is 15.8 Å². The Morgan fingerprint density at radius 3 is 2.16 bits per heavy atom. The molecule has 224 valence electrons.